The Bertz CT molecular complexity index is 530. The van der Waals surface area contributed by atoms with Gasteiger partial charge in [-0.2, -0.15) is 0 Å². The summed E-state index contributed by atoms with van der Waals surface area (Å²) in [4.78, 5) is 10.7. The molecule has 0 atom stereocenters. The summed E-state index contributed by atoms with van der Waals surface area (Å²) in [7, 11) is 0. The number of aromatic nitrogens is 2. The van der Waals surface area contributed by atoms with Gasteiger partial charge in [0.15, 0.2) is 0 Å². The first-order valence-electron chi connectivity index (χ1n) is 6.24. The second-order valence-corrected chi connectivity index (χ2v) is 4.58. The number of nitrogens with two attached hydrogens (primary N) is 1. The molecule has 100 valence electrons. The monoisotopic (exact) mass is 276 g/mol. The van der Waals surface area contributed by atoms with E-state index in [4.69, 9.17) is 17.3 Å². The molecule has 19 heavy (non-hydrogen) atoms. The van der Waals surface area contributed by atoms with E-state index in [1.165, 1.54) is 5.56 Å². The van der Waals surface area contributed by atoms with Crippen molar-refractivity contribution < 1.29 is 0 Å². The maximum absolute atomic E-state index is 6.04. The highest BCUT2D eigenvalue weighted by molar-refractivity contribution is 6.31. The predicted molar refractivity (Wildman–Crippen MR) is 78.1 cm³/mol. The minimum Gasteiger partial charge on any atom is -0.353 e. The molecular formula is C14H17ClN4. The average Bonchev–Trinajstić information content (AvgIpc) is 2.46. The van der Waals surface area contributed by atoms with Gasteiger partial charge < -0.3 is 10.6 Å². The van der Waals surface area contributed by atoms with Crippen LogP contribution in [0.25, 0.3) is 0 Å². The highest BCUT2D eigenvalue weighted by atomic mass is 35.5. The van der Waals surface area contributed by atoms with Gasteiger partial charge in [-0.05, 0) is 36.8 Å². The Kier molecular flexibility index (Phi) is 4.71. The van der Waals surface area contributed by atoms with Gasteiger partial charge in [-0.1, -0.05) is 11.6 Å². The third-order valence-electron chi connectivity index (χ3n) is 2.93. The number of pyridine rings is 2. The molecule has 2 rings (SSSR count). The van der Waals surface area contributed by atoms with Crippen LogP contribution in [-0.2, 0) is 13.1 Å². The fourth-order valence-corrected chi connectivity index (χ4v) is 2.04. The van der Waals surface area contributed by atoms with E-state index in [-0.39, 0.29) is 0 Å². The van der Waals surface area contributed by atoms with Gasteiger partial charge in [0.2, 0.25) is 0 Å². The first-order valence-corrected chi connectivity index (χ1v) is 6.61. The van der Waals surface area contributed by atoms with Crippen molar-refractivity contribution in [2.75, 3.05) is 11.4 Å². The van der Waals surface area contributed by atoms with Crippen molar-refractivity contribution in [2.24, 2.45) is 5.73 Å². The smallest absolute Gasteiger partial charge is 0.129 e. The van der Waals surface area contributed by atoms with Crippen LogP contribution in [0.5, 0.6) is 0 Å². The number of hydrogen-bond acceptors (Lipinski definition) is 4. The van der Waals surface area contributed by atoms with Gasteiger partial charge in [-0.25, -0.2) is 4.98 Å². The maximum Gasteiger partial charge on any atom is 0.129 e. The quantitative estimate of drug-likeness (QED) is 0.912. The van der Waals surface area contributed by atoms with E-state index >= 15 is 0 Å². The lowest BCUT2D eigenvalue weighted by atomic mass is 10.2. The SMILES string of the molecule is CCN(Cc1ccncc1)c1ccc(Cl)c(CN)n1. The lowest BCUT2D eigenvalue weighted by molar-refractivity contribution is 0.804. The molecule has 2 aromatic heterocycles. The van der Waals surface area contributed by atoms with Crippen LogP contribution in [0.1, 0.15) is 18.2 Å². The summed E-state index contributed by atoms with van der Waals surface area (Å²) >= 11 is 6.04. The molecule has 0 fully saturated rings. The molecule has 0 bridgehead atoms. The zero-order valence-electron chi connectivity index (χ0n) is 10.9. The Hall–Kier alpha value is -1.65. The van der Waals surface area contributed by atoms with Crippen LogP contribution in [-0.4, -0.2) is 16.5 Å². The Morgan fingerprint density at radius 3 is 2.58 bits per heavy atom. The van der Waals surface area contributed by atoms with Gasteiger partial charge in [-0.3, -0.25) is 4.98 Å². The molecule has 0 spiro atoms. The van der Waals surface area contributed by atoms with Crippen LogP contribution in [0.15, 0.2) is 36.7 Å². The largest absolute Gasteiger partial charge is 0.353 e. The predicted octanol–water partition coefficient (Wildman–Crippen LogP) is 2.62. The van der Waals surface area contributed by atoms with Crippen molar-refractivity contribution in [3.8, 4) is 0 Å². The molecule has 5 heteroatoms. The third kappa shape index (κ3) is 3.43. The number of halogens is 1. The summed E-state index contributed by atoms with van der Waals surface area (Å²) in [6.07, 6.45) is 3.59. The van der Waals surface area contributed by atoms with Crippen LogP contribution < -0.4 is 10.6 Å². The van der Waals surface area contributed by atoms with E-state index in [9.17, 15) is 0 Å². The number of rotatable bonds is 5. The molecule has 0 aliphatic heterocycles. The second-order valence-electron chi connectivity index (χ2n) is 4.17. The molecule has 0 aromatic carbocycles. The van der Waals surface area contributed by atoms with E-state index in [1.807, 2.05) is 24.3 Å². The molecule has 0 aliphatic rings. The van der Waals surface area contributed by atoms with Crippen molar-refractivity contribution in [3.63, 3.8) is 0 Å². The molecule has 2 heterocycles. The summed E-state index contributed by atoms with van der Waals surface area (Å²) in [6, 6.07) is 7.78. The fourth-order valence-electron chi connectivity index (χ4n) is 1.86. The Balaban J connectivity index is 2.22. The van der Waals surface area contributed by atoms with Gasteiger partial charge in [0.1, 0.15) is 5.82 Å². The first-order chi connectivity index (χ1) is 9.24. The molecular weight excluding hydrogens is 260 g/mol. The van der Waals surface area contributed by atoms with Crippen LogP contribution in [0.2, 0.25) is 5.02 Å². The molecule has 0 amide bonds. The molecule has 0 saturated carbocycles. The van der Waals surface area contributed by atoms with E-state index in [0.29, 0.717) is 11.6 Å². The summed E-state index contributed by atoms with van der Waals surface area (Å²) in [5.74, 6) is 0.893. The Morgan fingerprint density at radius 2 is 1.95 bits per heavy atom. The van der Waals surface area contributed by atoms with Gasteiger partial charge in [0.05, 0.1) is 10.7 Å². The summed E-state index contributed by atoms with van der Waals surface area (Å²) in [6.45, 7) is 4.09. The van der Waals surface area contributed by atoms with Crippen LogP contribution >= 0.6 is 11.6 Å². The lowest BCUT2D eigenvalue weighted by Gasteiger charge is -2.22. The Labute approximate surface area is 118 Å². The van der Waals surface area contributed by atoms with Crippen LogP contribution in [0.4, 0.5) is 5.82 Å². The van der Waals surface area contributed by atoms with Crippen molar-refractivity contribution in [3.05, 3.63) is 52.9 Å². The van der Waals surface area contributed by atoms with Crippen LogP contribution in [0, 0.1) is 0 Å². The molecule has 0 saturated heterocycles. The number of hydrogen-bond donors (Lipinski definition) is 1. The van der Waals surface area contributed by atoms with Gasteiger partial charge in [-0.15, -0.1) is 0 Å². The molecule has 2 N–H and O–H groups in total. The van der Waals surface area contributed by atoms with Crippen molar-refractivity contribution in [1.82, 2.24) is 9.97 Å². The fraction of sp³-hybridized carbons (Fsp3) is 0.286. The topological polar surface area (TPSA) is 55.0 Å². The molecule has 2 aromatic rings. The minimum atomic E-state index is 0.347. The van der Waals surface area contributed by atoms with Gasteiger partial charge in [0, 0.05) is 32.0 Å². The zero-order valence-corrected chi connectivity index (χ0v) is 11.6. The van der Waals surface area contributed by atoms with Crippen molar-refractivity contribution in [2.45, 2.75) is 20.0 Å². The molecule has 0 radical (unpaired) electrons. The van der Waals surface area contributed by atoms with E-state index in [0.717, 1.165) is 24.6 Å². The van der Waals surface area contributed by atoms with E-state index < -0.39 is 0 Å². The maximum atomic E-state index is 6.04. The number of anilines is 1. The standard InChI is InChI=1S/C14H17ClN4/c1-2-19(10-11-5-7-17-8-6-11)14-4-3-12(15)13(9-16)18-14/h3-8H,2,9-10,16H2,1H3. The number of nitrogens with zero attached hydrogens (tertiary/aromatic N) is 3. The lowest BCUT2D eigenvalue weighted by Crippen LogP contribution is -2.23. The van der Waals surface area contributed by atoms with Crippen LogP contribution in [0.3, 0.4) is 0 Å². The van der Waals surface area contributed by atoms with E-state index in [1.54, 1.807) is 12.4 Å². The molecule has 4 nitrogen and oxygen atoms in total. The average molecular weight is 277 g/mol. The second kappa shape index (κ2) is 6.50. The summed E-state index contributed by atoms with van der Waals surface area (Å²) < 4.78 is 0. The third-order valence-corrected chi connectivity index (χ3v) is 3.27. The van der Waals surface area contributed by atoms with Crippen molar-refractivity contribution in [1.29, 1.82) is 0 Å². The molecule has 0 unspecified atom stereocenters. The highest BCUT2D eigenvalue weighted by Gasteiger charge is 2.09. The van der Waals surface area contributed by atoms with E-state index in [2.05, 4.69) is 21.8 Å². The van der Waals surface area contributed by atoms with Crippen molar-refractivity contribution >= 4 is 17.4 Å². The Morgan fingerprint density at radius 1 is 1.21 bits per heavy atom. The highest BCUT2D eigenvalue weighted by Crippen LogP contribution is 2.20. The normalized spacial score (nSPS) is 10.5. The van der Waals surface area contributed by atoms with Gasteiger partial charge in [0.25, 0.3) is 0 Å². The first kappa shape index (κ1) is 13.8. The molecule has 0 aliphatic carbocycles. The van der Waals surface area contributed by atoms with Gasteiger partial charge >= 0.3 is 0 Å². The summed E-state index contributed by atoms with van der Waals surface area (Å²) in [5, 5.41) is 0.617. The minimum absolute atomic E-state index is 0.347. The summed E-state index contributed by atoms with van der Waals surface area (Å²) in [5.41, 5.74) is 7.57. The zero-order chi connectivity index (χ0) is 13.7.